The van der Waals surface area contributed by atoms with E-state index in [4.69, 9.17) is 20.9 Å². The number of rotatable bonds is 8. The molecule has 9 nitrogen and oxygen atoms in total. The zero-order valence-corrected chi connectivity index (χ0v) is 20.5. The van der Waals surface area contributed by atoms with Gasteiger partial charge in [-0.3, -0.25) is 9.69 Å². The number of amides is 1. The van der Waals surface area contributed by atoms with Crippen LogP contribution in [0.2, 0.25) is 0 Å². The summed E-state index contributed by atoms with van der Waals surface area (Å²) >= 11 is 0. The summed E-state index contributed by atoms with van der Waals surface area (Å²) in [6.45, 7) is 3.27. The number of ether oxygens (including phenoxy) is 2. The summed E-state index contributed by atoms with van der Waals surface area (Å²) in [6.07, 6.45) is 10.0. The maximum atomic E-state index is 11.8. The Balaban J connectivity index is 1.21. The standard InChI is InChI=1S/C27H34N6O3/c28-25-24-22(18-4-1-5-20(12-18)36-15-21-6-3-9-35-21)14-33(27(24)31-16-30-25)19-10-17(11-19)13-32-8-2-7-23(32)26(29)34/h1,4-5,12,14,16-17,19,21,23H,2-3,6-11,13,15H2,(H2,29,34)(H2,28,30,31)/t17?,19?,21?,23-/m1/s1. The molecule has 0 radical (unpaired) electrons. The zero-order chi connectivity index (χ0) is 24.6. The fourth-order valence-corrected chi connectivity index (χ4v) is 6.10. The molecule has 0 bridgehead atoms. The largest absolute Gasteiger partial charge is 0.491 e. The number of hydrogen-bond donors (Lipinski definition) is 2. The van der Waals surface area contributed by atoms with E-state index in [0.29, 0.717) is 24.4 Å². The van der Waals surface area contributed by atoms with Crippen LogP contribution in [0.4, 0.5) is 5.82 Å². The van der Waals surface area contributed by atoms with Crippen LogP contribution in [0.15, 0.2) is 36.8 Å². The van der Waals surface area contributed by atoms with E-state index >= 15 is 0 Å². The van der Waals surface area contributed by atoms with Crippen LogP contribution in [0.5, 0.6) is 5.75 Å². The molecular weight excluding hydrogens is 456 g/mol. The number of aromatic nitrogens is 3. The first-order valence-corrected chi connectivity index (χ1v) is 13.1. The average molecular weight is 491 g/mol. The Bertz CT molecular complexity index is 1250. The van der Waals surface area contributed by atoms with Gasteiger partial charge in [0, 0.05) is 31.0 Å². The number of benzene rings is 1. The van der Waals surface area contributed by atoms with Gasteiger partial charge in [-0.1, -0.05) is 12.1 Å². The topological polar surface area (TPSA) is 122 Å². The minimum absolute atomic E-state index is 0.106. The van der Waals surface area contributed by atoms with Gasteiger partial charge >= 0.3 is 0 Å². The van der Waals surface area contributed by atoms with Gasteiger partial charge in [0.2, 0.25) is 5.91 Å². The van der Waals surface area contributed by atoms with Crippen LogP contribution in [-0.2, 0) is 9.53 Å². The van der Waals surface area contributed by atoms with Crippen molar-refractivity contribution in [1.29, 1.82) is 0 Å². The van der Waals surface area contributed by atoms with Crippen LogP contribution in [0.25, 0.3) is 22.2 Å². The fourth-order valence-electron chi connectivity index (χ4n) is 6.10. The summed E-state index contributed by atoms with van der Waals surface area (Å²) in [5.74, 6) is 1.65. The van der Waals surface area contributed by atoms with Crippen molar-refractivity contribution in [3.05, 3.63) is 36.8 Å². The van der Waals surface area contributed by atoms with E-state index in [-0.39, 0.29) is 18.1 Å². The second-order valence-corrected chi connectivity index (χ2v) is 10.4. The molecule has 2 aliphatic heterocycles. The fraction of sp³-hybridized carbons (Fsp3) is 0.519. The Kier molecular flexibility index (Phi) is 6.27. The maximum absolute atomic E-state index is 11.8. The Morgan fingerprint density at radius 3 is 2.89 bits per heavy atom. The first-order chi connectivity index (χ1) is 17.6. The molecule has 1 aromatic carbocycles. The predicted molar refractivity (Wildman–Crippen MR) is 137 cm³/mol. The van der Waals surface area contributed by atoms with Gasteiger partial charge in [-0.15, -0.1) is 0 Å². The Morgan fingerprint density at radius 1 is 1.19 bits per heavy atom. The first kappa shape index (κ1) is 23.2. The molecule has 1 amide bonds. The molecule has 4 heterocycles. The van der Waals surface area contributed by atoms with E-state index in [2.05, 4.69) is 37.8 Å². The lowest BCUT2D eigenvalue weighted by atomic mass is 9.79. The van der Waals surface area contributed by atoms with E-state index in [1.165, 1.54) is 6.33 Å². The number of hydrogen-bond acceptors (Lipinski definition) is 7. The van der Waals surface area contributed by atoms with E-state index in [0.717, 1.165) is 86.1 Å². The van der Waals surface area contributed by atoms with Crippen LogP contribution in [0.3, 0.4) is 0 Å². The van der Waals surface area contributed by atoms with Gasteiger partial charge in [-0.25, -0.2) is 9.97 Å². The molecule has 9 heteroatoms. The number of carbonyl (C=O) groups excluding carboxylic acids is 1. The van der Waals surface area contributed by atoms with Crippen molar-refractivity contribution in [2.75, 3.05) is 32.0 Å². The number of primary amides is 1. The van der Waals surface area contributed by atoms with E-state index in [1.54, 1.807) is 0 Å². The number of carbonyl (C=O) groups is 1. The molecule has 0 spiro atoms. The summed E-state index contributed by atoms with van der Waals surface area (Å²) in [6, 6.07) is 8.35. The normalized spacial score (nSPS) is 26.3. The molecule has 1 aliphatic carbocycles. The lowest BCUT2D eigenvalue weighted by Crippen LogP contribution is -2.44. The average Bonchev–Trinajstić information content (AvgIpc) is 3.60. The minimum Gasteiger partial charge on any atom is -0.491 e. The molecule has 190 valence electrons. The summed E-state index contributed by atoms with van der Waals surface area (Å²) in [5.41, 5.74) is 14.9. The molecule has 2 atom stereocenters. The Morgan fingerprint density at radius 2 is 2.08 bits per heavy atom. The van der Waals surface area contributed by atoms with E-state index < -0.39 is 0 Å². The van der Waals surface area contributed by atoms with Crippen LogP contribution in [-0.4, -0.2) is 63.8 Å². The summed E-state index contributed by atoms with van der Waals surface area (Å²) in [4.78, 5) is 22.9. The first-order valence-electron chi connectivity index (χ1n) is 13.1. The van der Waals surface area contributed by atoms with Crippen LogP contribution < -0.4 is 16.2 Å². The van der Waals surface area contributed by atoms with Crippen molar-refractivity contribution in [2.45, 2.75) is 56.7 Å². The summed E-state index contributed by atoms with van der Waals surface area (Å²) in [5, 5.41) is 0.880. The molecular formula is C27H34N6O3. The van der Waals surface area contributed by atoms with Crippen LogP contribution in [0, 0.1) is 5.92 Å². The number of fused-ring (bicyclic) bond motifs is 1. The molecule has 1 saturated carbocycles. The van der Waals surface area contributed by atoms with Crippen molar-refractivity contribution in [3.63, 3.8) is 0 Å². The highest BCUT2D eigenvalue weighted by Gasteiger charge is 2.37. The number of nitrogens with zero attached hydrogens (tertiary/aromatic N) is 4. The SMILES string of the molecule is NC(=O)[C@H]1CCCN1CC1CC(n2cc(-c3cccc(OCC4CCCO4)c3)c3c(N)ncnc32)C1. The number of nitrogens with two attached hydrogens (primary N) is 2. The lowest BCUT2D eigenvalue weighted by molar-refractivity contribution is -0.122. The Labute approximate surface area is 210 Å². The smallest absolute Gasteiger partial charge is 0.234 e. The van der Waals surface area contributed by atoms with Gasteiger partial charge in [-0.05, 0) is 68.7 Å². The molecule has 2 saturated heterocycles. The summed E-state index contributed by atoms with van der Waals surface area (Å²) in [7, 11) is 0. The number of likely N-dealkylation sites (tertiary alicyclic amines) is 1. The maximum Gasteiger partial charge on any atom is 0.234 e. The second-order valence-electron chi connectivity index (χ2n) is 10.4. The van der Waals surface area contributed by atoms with Crippen molar-refractivity contribution < 1.29 is 14.3 Å². The molecule has 2 aromatic heterocycles. The van der Waals surface area contributed by atoms with Gasteiger partial charge in [-0.2, -0.15) is 0 Å². The molecule has 36 heavy (non-hydrogen) atoms. The van der Waals surface area contributed by atoms with E-state index in [9.17, 15) is 4.79 Å². The molecule has 3 aliphatic rings. The van der Waals surface area contributed by atoms with Crippen molar-refractivity contribution in [1.82, 2.24) is 19.4 Å². The highest BCUT2D eigenvalue weighted by atomic mass is 16.5. The van der Waals surface area contributed by atoms with Crippen molar-refractivity contribution in [2.24, 2.45) is 11.7 Å². The van der Waals surface area contributed by atoms with Crippen molar-refractivity contribution in [3.8, 4) is 16.9 Å². The molecule has 6 rings (SSSR count). The van der Waals surface area contributed by atoms with Crippen LogP contribution in [0.1, 0.15) is 44.6 Å². The molecule has 3 aromatic rings. The zero-order valence-electron chi connectivity index (χ0n) is 20.5. The highest BCUT2D eigenvalue weighted by Crippen LogP contribution is 2.44. The number of anilines is 1. The lowest BCUT2D eigenvalue weighted by Gasteiger charge is -2.39. The monoisotopic (exact) mass is 490 g/mol. The predicted octanol–water partition coefficient (Wildman–Crippen LogP) is 3.14. The third-order valence-electron chi connectivity index (χ3n) is 8.03. The summed E-state index contributed by atoms with van der Waals surface area (Å²) < 4.78 is 14.0. The Hall–Kier alpha value is -3.17. The van der Waals surface area contributed by atoms with Gasteiger partial charge in [0.1, 0.15) is 30.1 Å². The number of nitrogen functional groups attached to an aromatic ring is 1. The van der Waals surface area contributed by atoms with Crippen LogP contribution >= 0.6 is 0 Å². The quantitative estimate of drug-likeness (QED) is 0.497. The molecule has 3 fully saturated rings. The third kappa shape index (κ3) is 4.41. The van der Waals surface area contributed by atoms with Gasteiger partial charge < -0.3 is 25.5 Å². The molecule has 1 unspecified atom stereocenters. The van der Waals surface area contributed by atoms with Gasteiger partial charge in [0.05, 0.1) is 17.5 Å². The second kappa shape index (κ2) is 9.71. The van der Waals surface area contributed by atoms with Crippen molar-refractivity contribution >= 4 is 22.8 Å². The third-order valence-corrected chi connectivity index (χ3v) is 8.03. The highest BCUT2D eigenvalue weighted by molar-refractivity contribution is 6.00. The van der Waals surface area contributed by atoms with Gasteiger partial charge in [0.15, 0.2) is 0 Å². The van der Waals surface area contributed by atoms with E-state index in [1.807, 2.05) is 12.1 Å². The van der Waals surface area contributed by atoms with Gasteiger partial charge in [0.25, 0.3) is 0 Å². The molecule has 4 N–H and O–H groups in total. The minimum atomic E-state index is -0.196.